The van der Waals surface area contributed by atoms with E-state index in [9.17, 15) is 4.79 Å². The second-order valence-electron chi connectivity index (χ2n) is 2.24. The van der Waals surface area contributed by atoms with E-state index in [4.69, 9.17) is 0 Å². The van der Waals surface area contributed by atoms with Crippen molar-refractivity contribution in [3.63, 3.8) is 0 Å². The van der Waals surface area contributed by atoms with Gasteiger partial charge in [0.2, 0.25) is 6.08 Å². The largest absolute Gasteiger partial charge is 0.234 e. The Bertz CT molecular complexity index is 273. The van der Waals surface area contributed by atoms with Crippen LogP contribution in [0.4, 0.5) is 0 Å². The molecular formula is C8H9NOS. The lowest BCUT2D eigenvalue weighted by molar-refractivity contribution is 0.563. The SMILES string of the molecule is Cc1ccc(CCN=C=O)s1. The van der Waals surface area contributed by atoms with Crippen molar-refractivity contribution in [2.24, 2.45) is 4.99 Å². The summed E-state index contributed by atoms with van der Waals surface area (Å²) in [5.41, 5.74) is 0. The van der Waals surface area contributed by atoms with Crippen LogP contribution in [0.15, 0.2) is 17.1 Å². The van der Waals surface area contributed by atoms with E-state index in [-0.39, 0.29) is 0 Å². The molecule has 58 valence electrons. The number of nitrogens with zero attached hydrogens (tertiary/aromatic N) is 1. The maximum Gasteiger partial charge on any atom is 0.234 e. The molecule has 2 nitrogen and oxygen atoms in total. The fourth-order valence-corrected chi connectivity index (χ4v) is 1.71. The minimum absolute atomic E-state index is 0.559. The second kappa shape index (κ2) is 4.06. The molecule has 1 rings (SSSR count). The number of thiophene rings is 1. The molecule has 0 fully saturated rings. The van der Waals surface area contributed by atoms with Gasteiger partial charge in [-0.2, -0.15) is 0 Å². The molecule has 0 aromatic carbocycles. The van der Waals surface area contributed by atoms with E-state index < -0.39 is 0 Å². The zero-order chi connectivity index (χ0) is 8.10. The predicted octanol–water partition coefficient (Wildman–Crippen LogP) is 1.93. The van der Waals surface area contributed by atoms with Gasteiger partial charge in [0.1, 0.15) is 0 Å². The van der Waals surface area contributed by atoms with Gasteiger partial charge >= 0.3 is 0 Å². The maximum absolute atomic E-state index is 9.71. The lowest BCUT2D eigenvalue weighted by Crippen LogP contribution is -1.83. The zero-order valence-corrected chi connectivity index (χ0v) is 7.15. The number of aryl methyl sites for hydroxylation is 1. The summed E-state index contributed by atoms with van der Waals surface area (Å²) in [5, 5.41) is 0. The molecule has 0 unspecified atom stereocenters. The Morgan fingerprint density at radius 3 is 3.00 bits per heavy atom. The number of aliphatic imine (C=N–C) groups is 1. The first-order valence-corrected chi connectivity index (χ1v) is 4.23. The van der Waals surface area contributed by atoms with Crippen LogP contribution in [0.2, 0.25) is 0 Å². The molecule has 0 radical (unpaired) electrons. The number of carbonyl (C=O) groups excluding carboxylic acids is 1. The Labute approximate surface area is 69.6 Å². The van der Waals surface area contributed by atoms with Gasteiger partial charge in [-0.15, -0.1) is 11.3 Å². The average Bonchev–Trinajstić information content (AvgIpc) is 2.37. The molecule has 0 amide bonds. The van der Waals surface area contributed by atoms with Crippen molar-refractivity contribution in [3.05, 3.63) is 21.9 Å². The highest BCUT2D eigenvalue weighted by atomic mass is 32.1. The highest BCUT2D eigenvalue weighted by Crippen LogP contribution is 2.15. The smallest absolute Gasteiger partial charge is 0.211 e. The quantitative estimate of drug-likeness (QED) is 0.499. The first-order valence-electron chi connectivity index (χ1n) is 3.42. The van der Waals surface area contributed by atoms with Crippen LogP contribution in [0.25, 0.3) is 0 Å². The normalized spacial score (nSPS) is 9.18. The molecule has 0 atom stereocenters. The number of hydrogen-bond acceptors (Lipinski definition) is 3. The van der Waals surface area contributed by atoms with Crippen molar-refractivity contribution in [1.29, 1.82) is 0 Å². The van der Waals surface area contributed by atoms with Crippen LogP contribution in [0, 0.1) is 6.92 Å². The van der Waals surface area contributed by atoms with E-state index in [0.29, 0.717) is 6.54 Å². The van der Waals surface area contributed by atoms with Crippen molar-refractivity contribution < 1.29 is 4.79 Å². The van der Waals surface area contributed by atoms with Crippen LogP contribution in [0.5, 0.6) is 0 Å². The van der Waals surface area contributed by atoms with E-state index in [2.05, 4.69) is 24.0 Å². The highest BCUT2D eigenvalue weighted by molar-refractivity contribution is 7.11. The molecule has 0 spiro atoms. The molecule has 3 heteroatoms. The molecule has 0 aliphatic rings. The fourth-order valence-electron chi connectivity index (χ4n) is 0.831. The summed E-state index contributed by atoms with van der Waals surface area (Å²) in [5.74, 6) is 0. The van der Waals surface area contributed by atoms with E-state index in [1.807, 2.05) is 0 Å². The summed E-state index contributed by atoms with van der Waals surface area (Å²) >= 11 is 1.75. The summed E-state index contributed by atoms with van der Waals surface area (Å²) in [6, 6.07) is 4.14. The van der Waals surface area contributed by atoms with Crippen LogP contribution >= 0.6 is 11.3 Å². The van der Waals surface area contributed by atoms with Gasteiger partial charge in [-0.25, -0.2) is 9.79 Å². The van der Waals surface area contributed by atoms with E-state index in [1.165, 1.54) is 15.8 Å². The Morgan fingerprint density at radius 2 is 2.45 bits per heavy atom. The van der Waals surface area contributed by atoms with Gasteiger partial charge in [0.25, 0.3) is 0 Å². The van der Waals surface area contributed by atoms with Gasteiger partial charge in [-0.05, 0) is 19.1 Å². The Balaban J connectivity index is 2.44. The lowest BCUT2D eigenvalue weighted by Gasteiger charge is -1.87. The lowest BCUT2D eigenvalue weighted by atomic mass is 10.3. The zero-order valence-electron chi connectivity index (χ0n) is 6.33. The van der Waals surface area contributed by atoms with Gasteiger partial charge in [-0.3, -0.25) is 0 Å². The van der Waals surface area contributed by atoms with Crippen LogP contribution in [-0.4, -0.2) is 12.6 Å². The first kappa shape index (κ1) is 8.18. The summed E-state index contributed by atoms with van der Waals surface area (Å²) < 4.78 is 0. The summed E-state index contributed by atoms with van der Waals surface area (Å²) in [4.78, 5) is 15.8. The Kier molecular flexibility index (Phi) is 3.02. The standard InChI is InChI=1S/C8H9NOS/c1-7-2-3-8(11-7)4-5-9-6-10/h2-3H,4-5H2,1H3. The third-order valence-corrected chi connectivity index (χ3v) is 2.39. The monoisotopic (exact) mass is 167 g/mol. The van der Waals surface area contributed by atoms with Gasteiger partial charge in [0.15, 0.2) is 0 Å². The van der Waals surface area contributed by atoms with Crippen molar-refractivity contribution in [3.8, 4) is 0 Å². The van der Waals surface area contributed by atoms with E-state index in [1.54, 1.807) is 11.3 Å². The highest BCUT2D eigenvalue weighted by Gasteiger charge is 1.94. The fraction of sp³-hybridized carbons (Fsp3) is 0.375. The molecule has 0 aliphatic carbocycles. The predicted molar refractivity (Wildman–Crippen MR) is 45.7 cm³/mol. The first-order chi connectivity index (χ1) is 5.33. The van der Waals surface area contributed by atoms with Crippen molar-refractivity contribution in [2.75, 3.05) is 6.54 Å². The molecule has 0 N–H and O–H groups in total. The molecule has 0 saturated carbocycles. The minimum atomic E-state index is 0.559. The molecular weight excluding hydrogens is 158 g/mol. The summed E-state index contributed by atoms with van der Waals surface area (Å²) in [6.45, 7) is 2.63. The topological polar surface area (TPSA) is 29.4 Å². The van der Waals surface area contributed by atoms with Crippen LogP contribution in [-0.2, 0) is 11.2 Å². The third-order valence-electron chi connectivity index (χ3n) is 1.33. The van der Waals surface area contributed by atoms with Gasteiger partial charge in [0, 0.05) is 16.2 Å². The van der Waals surface area contributed by atoms with E-state index in [0.717, 1.165) is 6.42 Å². The third kappa shape index (κ3) is 2.66. The van der Waals surface area contributed by atoms with Gasteiger partial charge < -0.3 is 0 Å². The number of isocyanates is 1. The molecule has 0 bridgehead atoms. The molecule has 1 aromatic rings. The Hall–Kier alpha value is -0.920. The average molecular weight is 167 g/mol. The van der Waals surface area contributed by atoms with Crippen LogP contribution in [0.3, 0.4) is 0 Å². The van der Waals surface area contributed by atoms with Gasteiger partial charge in [-0.1, -0.05) is 0 Å². The van der Waals surface area contributed by atoms with Crippen molar-refractivity contribution >= 4 is 17.4 Å². The second-order valence-corrected chi connectivity index (χ2v) is 3.61. The molecule has 1 heterocycles. The van der Waals surface area contributed by atoms with Crippen LogP contribution < -0.4 is 0 Å². The van der Waals surface area contributed by atoms with E-state index >= 15 is 0 Å². The van der Waals surface area contributed by atoms with Gasteiger partial charge in [0.05, 0.1) is 6.54 Å². The Morgan fingerprint density at radius 1 is 1.64 bits per heavy atom. The summed E-state index contributed by atoms with van der Waals surface area (Å²) in [7, 11) is 0. The number of hydrogen-bond donors (Lipinski definition) is 0. The molecule has 0 aliphatic heterocycles. The number of rotatable bonds is 3. The van der Waals surface area contributed by atoms with Crippen LogP contribution in [0.1, 0.15) is 9.75 Å². The maximum atomic E-state index is 9.71. The van der Waals surface area contributed by atoms with Crippen molar-refractivity contribution in [2.45, 2.75) is 13.3 Å². The summed E-state index contributed by atoms with van der Waals surface area (Å²) in [6.07, 6.45) is 2.38. The molecule has 11 heavy (non-hydrogen) atoms. The molecule has 1 aromatic heterocycles. The minimum Gasteiger partial charge on any atom is -0.211 e. The van der Waals surface area contributed by atoms with Crippen molar-refractivity contribution in [1.82, 2.24) is 0 Å². The molecule has 0 saturated heterocycles.